The lowest BCUT2D eigenvalue weighted by Crippen LogP contribution is -2.56. The summed E-state index contributed by atoms with van der Waals surface area (Å²) in [4.78, 5) is 4.42. The maximum absolute atomic E-state index is 12.2. The number of hydrogen-bond donors (Lipinski definition) is 2. The fourth-order valence-electron chi connectivity index (χ4n) is 3.51. The van der Waals surface area contributed by atoms with E-state index >= 15 is 0 Å². The molecule has 6 nitrogen and oxygen atoms in total. The molecule has 2 N–H and O–H groups in total. The zero-order valence-corrected chi connectivity index (χ0v) is 13.7. The monoisotopic (exact) mass is 335 g/mol. The fraction of sp³-hybridized carbons (Fsp3) is 0.562. The molecule has 4 rings (SSSR count). The van der Waals surface area contributed by atoms with E-state index < -0.39 is 10.0 Å². The molecule has 2 aromatic rings. The average molecular weight is 335 g/mol. The van der Waals surface area contributed by atoms with Crippen LogP contribution in [0.2, 0.25) is 0 Å². The summed E-state index contributed by atoms with van der Waals surface area (Å²) in [7, 11) is -3.17. The van der Waals surface area contributed by atoms with Crippen LogP contribution in [0.5, 0.6) is 0 Å². The second-order valence-corrected chi connectivity index (χ2v) is 8.53. The second-order valence-electron chi connectivity index (χ2n) is 6.53. The highest BCUT2D eigenvalue weighted by Crippen LogP contribution is 2.37. The Morgan fingerprint density at radius 2 is 2.00 bits per heavy atom. The van der Waals surface area contributed by atoms with Crippen LogP contribution in [0.15, 0.2) is 29.0 Å². The van der Waals surface area contributed by atoms with Crippen LogP contribution < -0.4 is 10.0 Å². The highest BCUT2D eigenvalue weighted by molar-refractivity contribution is 7.90. The molecule has 0 unspecified atom stereocenters. The fourth-order valence-corrected chi connectivity index (χ4v) is 5.07. The van der Waals surface area contributed by atoms with Crippen molar-refractivity contribution < 1.29 is 12.8 Å². The van der Waals surface area contributed by atoms with Crippen molar-refractivity contribution in [2.75, 3.05) is 13.1 Å². The van der Waals surface area contributed by atoms with Crippen molar-refractivity contribution in [3.8, 4) is 0 Å². The highest BCUT2D eigenvalue weighted by Gasteiger charge is 2.34. The second kappa shape index (κ2) is 5.89. The van der Waals surface area contributed by atoms with Crippen LogP contribution in [0.25, 0.3) is 11.1 Å². The summed E-state index contributed by atoms with van der Waals surface area (Å²) in [6, 6.07) is 3.86. The number of furan rings is 1. The Kier molecular flexibility index (Phi) is 3.87. The van der Waals surface area contributed by atoms with Crippen LogP contribution >= 0.6 is 0 Å². The number of hydrogen-bond acceptors (Lipinski definition) is 5. The number of fused-ring (bicyclic) bond motifs is 1. The van der Waals surface area contributed by atoms with Crippen LogP contribution in [0.1, 0.15) is 37.2 Å². The van der Waals surface area contributed by atoms with E-state index in [0.717, 1.165) is 42.3 Å². The molecule has 0 spiro atoms. The van der Waals surface area contributed by atoms with E-state index in [1.54, 1.807) is 6.20 Å². The van der Waals surface area contributed by atoms with Crippen LogP contribution in [0.3, 0.4) is 0 Å². The number of pyridine rings is 1. The predicted molar refractivity (Wildman–Crippen MR) is 87.7 cm³/mol. The molecular weight excluding hydrogens is 314 g/mol. The van der Waals surface area contributed by atoms with Crippen LogP contribution in [-0.2, 0) is 10.0 Å². The van der Waals surface area contributed by atoms with E-state index in [9.17, 15) is 8.42 Å². The van der Waals surface area contributed by atoms with Crippen molar-refractivity contribution >= 4 is 21.1 Å². The molecule has 1 saturated heterocycles. The topological polar surface area (TPSA) is 84.2 Å². The van der Waals surface area contributed by atoms with Gasteiger partial charge in [-0.1, -0.05) is 0 Å². The molecule has 1 saturated carbocycles. The van der Waals surface area contributed by atoms with Gasteiger partial charge in [0.15, 0.2) is 5.58 Å². The van der Waals surface area contributed by atoms with E-state index in [1.807, 2.05) is 18.4 Å². The zero-order chi connectivity index (χ0) is 15.9. The van der Waals surface area contributed by atoms with Gasteiger partial charge in [-0.3, -0.25) is 4.98 Å². The lowest BCUT2D eigenvalue weighted by molar-refractivity contribution is 0.369. The Labute approximate surface area is 135 Å². The van der Waals surface area contributed by atoms with Crippen molar-refractivity contribution in [2.45, 2.75) is 42.9 Å². The summed E-state index contributed by atoms with van der Waals surface area (Å²) >= 11 is 0. The summed E-state index contributed by atoms with van der Waals surface area (Å²) in [5.41, 5.74) is 2.92. The smallest absolute Gasteiger partial charge is 0.217 e. The first kappa shape index (κ1) is 15.1. The van der Waals surface area contributed by atoms with Crippen molar-refractivity contribution in [3.63, 3.8) is 0 Å². The van der Waals surface area contributed by atoms with Crippen LogP contribution in [0.4, 0.5) is 0 Å². The standard InChI is InChI=1S/C16H21N3O3S/c20-23(21,13-8-17-9-13)19-12-5-3-11(4-6-12)14-10-22-15-2-1-7-18-16(14)15/h1-2,7,10-13,17,19H,3-6,8-9H2. The molecule has 1 aliphatic heterocycles. The Morgan fingerprint density at radius 3 is 2.70 bits per heavy atom. The Morgan fingerprint density at radius 1 is 1.22 bits per heavy atom. The SMILES string of the molecule is O=S(=O)(NC1CCC(c2coc3cccnc23)CC1)C1CNC1. The third-order valence-electron chi connectivity index (χ3n) is 5.04. The molecule has 7 heteroatoms. The molecule has 3 heterocycles. The first-order valence-corrected chi connectivity index (χ1v) is 9.72. The van der Waals surface area contributed by atoms with Gasteiger partial charge in [0.05, 0.1) is 6.26 Å². The number of nitrogens with one attached hydrogen (secondary N) is 2. The Bertz CT molecular complexity index is 790. The van der Waals surface area contributed by atoms with Gasteiger partial charge in [-0.05, 0) is 43.7 Å². The Balaban J connectivity index is 1.41. The molecule has 1 aliphatic carbocycles. The molecule has 0 bridgehead atoms. The summed E-state index contributed by atoms with van der Waals surface area (Å²) < 4.78 is 32.9. The molecule has 0 atom stereocenters. The first-order valence-electron chi connectivity index (χ1n) is 8.17. The lowest BCUT2D eigenvalue weighted by atomic mass is 9.82. The normalized spacial score (nSPS) is 26.3. The van der Waals surface area contributed by atoms with Gasteiger partial charge in [-0.15, -0.1) is 0 Å². The highest BCUT2D eigenvalue weighted by atomic mass is 32.2. The third kappa shape index (κ3) is 2.88. The van der Waals surface area contributed by atoms with Crippen molar-refractivity contribution in [3.05, 3.63) is 30.2 Å². The van der Waals surface area contributed by atoms with E-state index in [2.05, 4.69) is 15.0 Å². The summed E-state index contributed by atoms with van der Waals surface area (Å²) in [5, 5.41) is 2.75. The van der Waals surface area contributed by atoms with Crippen LogP contribution in [0, 0.1) is 0 Å². The van der Waals surface area contributed by atoms with Gasteiger partial charge in [0.2, 0.25) is 10.0 Å². The minimum absolute atomic E-state index is 0.0583. The predicted octanol–water partition coefficient (Wildman–Crippen LogP) is 1.75. The molecule has 2 fully saturated rings. The minimum Gasteiger partial charge on any atom is -0.462 e. The van der Waals surface area contributed by atoms with Gasteiger partial charge in [0.1, 0.15) is 10.8 Å². The zero-order valence-electron chi connectivity index (χ0n) is 12.9. The average Bonchev–Trinajstić information content (AvgIpc) is 2.89. The van der Waals surface area contributed by atoms with Crippen LogP contribution in [-0.4, -0.2) is 37.8 Å². The molecule has 0 amide bonds. The van der Waals surface area contributed by atoms with Gasteiger partial charge in [0, 0.05) is 30.9 Å². The molecule has 0 radical (unpaired) electrons. The van der Waals surface area contributed by atoms with Crippen molar-refractivity contribution in [2.24, 2.45) is 0 Å². The molecule has 124 valence electrons. The number of rotatable bonds is 4. The number of aromatic nitrogens is 1. The van der Waals surface area contributed by atoms with Gasteiger partial charge in [-0.2, -0.15) is 0 Å². The van der Waals surface area contributed by atoms with Gasteiger partial charge in [-0.25, -0.2) is 13.1 Å². The quantitative estimate of drug-likeness (QED) is 0.889. The molecule has 23 heavy (non-hydrogen) atoms. The van der Waals surface area contributed by atoms with Crippen molar-refractivity contribution in [1.82, 2.24) is 15.0 Å². The summed E-state index contributed by atoms with van der Waals surface area (Å²) in [5.74, 6) is 0.400. The maximum Gasteiger partial charge on any atom is 0.217 e. The molecule has 2 aromatic heterocycles. The summed E-state index contributed by atoms with van der Waals surface area (Å²) in [6.45, 7) is 1.13. The lowest BCUT2D eigenvalue weighted by Gasteiger charge is -2.32. The molecule has 2 aliphatic rings. The number of nitrogens with zero attached hydrogens (tertiary/aromatic N) is 1. The molecular formula is C16H21N3O3S. The third-order valence-corrected chi connectivity index (χ3v) is 6.91. The number of sulfonamides is 1. The Hall–Kier alpha value is -1.44. The van der Waals surface area contributed by atoms with Gasteiger partial charge in [0.25, 0.3) is 0 Å². The molecule has 0 aromatic carbocycles. The van der Waals surface area contributed by atoms with E-state index in [-0.39, 0.29) is 11.3 Å². The van der Waals surface area contributed by atoms with E-state index in [1.165, 1.54) is 0 Å². The van der Waals surface area contributed by atoms with Gasteiger partial charge >= 0.3 is 0 Å². The minimum atomic E-state index is -3.17. The van der Waals surface area contributed by atoms with E-state index in [4.69, 9.17) is 4.42 Å². The van der Waals surface area contributed by atoms with E-state index in [0.29, 0.717) is 19.0 Å². The first-order chi connectivity index (χ1) is 11.1. The van der Waals surface area contributed by atoms with Crippen molar-refractivity contribution in [1.29, 1.82) is 0 Å². The largest absolute Gasteiger partial charge is 0.462 e. The van der Waals surface area contributed by atoms with Gasteiger partial charge < -0.3 is 9.73 Å². The summed E-state index contributed by atoms with van der Waals surface area (Å²) in [6.07, 6.45) is 7.25. The maximum atomic E-state index is 12.2.